The molecule has 0 amide bonds. The third kappa shape index (κ3) is 3.48. The number of benzene rings is 1. The van der Waals surface area contributed by atoms with Gasteiger partial charge in [-0.05, 0) is 31.5 Å². The Morgan fingerprint density at radius 3 is 2.81 bits per heavy atom. The van der Waals surface area contributed by atoms with Crippen LogP contribution >= 0.6 is 27.5 Å². The molecule has 0 heterocycles. The summed E-state index contributed by atoms with van der Waals surface area (Å²) in [6, 6.07) is 7.71. The fourth-order valence-electron chi connectivity index (χ4n) is 1.33. The Bertz CT molecular complexity index is 400. The smallest absolute Gasteiger partial charge is 0.123 e. The summed E-state index contributed by atoms with van der Waals surface area (Å²) in [7, 11) is 0. The highest BCUT2D eigenvalue weighted by Gasteiger charge is 2.15. The van der Waals surface area contributed by atoms with E-state index < -0.39 is 0 Å². The second kappa shape index (κ2) is 6.24. The van der Waals surface area contributed by atoms with Crippen molar-refractivity contribution in [3.63, 3.8) is 0 Å². The first-order chi connectivity index (χ1) is 7.58. The van der Waals surface area contributed by atoms with Crippen LogP contribution in [0.15, 0.2) is 22.7 Å². The summed E-state index contributed by atoms with van der Waals surface area (Å²) in [5, 5.41) is 13.0. The van der Waals surface area contributed by atoms with E-state index in [1.807, 2.05) is 12.1 Å². The van der Waals surface area contributed by atoms with E-state index in [0.29, 0.717) is 11.1 Å². The Hall–Kier alpha value is -0.560. The van der Waals surface area contributed by atoms with Crippen molar-refractivity contribution in [2.75, 3.05) is 0 Å². The monoisotopic (exact) mass is 300 g/mol. The molecule has 16 heavy (non-hydrogen) atoms. The topological polar surface area (TPSA) is 35.8 Å². The molecular formula is C12H14BrClN2. The summed E-state index contributed by atoms with van der Waals surface area (Å²) in [5.74, 6) is 0. The minimum Gasteiger partial charge on any atom is -0.296 e. The Morgan fingerprint density at radius 2 is 2.25 bits per heavy atom. The van der Waals surface area contributed by atoms with Crippen molar-refractivity contribution in [2.45, 2.75) is 32.4 Å². The molecule has 0 aliphatic heterocycles. The van der Waals surface area contributed by atoms with E-state index in [-0.39, 0.29) is 6.04 Å². The average molecular weight is 302 g/mol. The fraction of sp³-hybridized carbons (Fsp3) is 0.417. The number of hydrogen-bond acceptors (Lipinski definition) is 2. The van der Waals surface area contributed by atoms with Crippen LogP contribution < -0.4 is 5.32 Å². The summed E-state index contributed by atoms with van der Waals surface area (Å²) in [4.78, 5) is 0. The number of halogens is 2. The lowest BCUT2D eigenvalue weighted by molar-refractivity contribution is 0.501. The van der Waals surface area contributed by atoms with Crippen molar-refractivity contribution in [2.24, 2.45) is 0 Å². The van der Waals surface area contributed by atoms with Gasteiger partial charge in [-0.25, -0.2) is 0 Å². The summed E-state index contributed by atoms with van der Waals surface area (Å²) in [6.45, 7) is 4.13. The van der Waals surface area contributed by atoms with Gasteiger partial charge in [-0.2, -0.15) is 5.26 Å². The molecule has 0 spiro atoms. The zero-order valence-electron chi connectivity index (χ0n) is 9.30. The standard InChI is InChI=1S/C12H14BrClN2/c1-3-8(2)16-12(7-15)10-6-9(13)4-5-11(10)14/h4-6,8,12,16H,3H2,1-2H3. The van der Waals surface area contributed by atoms with E-state index in [1.54, 1.807) is 6.07 Å². The molecule has 1 aromatic rings. The Morgan fingerprint density at radius 1 is 1.56 bits per heavy atom. The van der Waals surface area contributed by atoms with Crippen LogP contribution in [0.3, 0.4) is 0 Å². The normalized spacial score (nSPS) is 14.2. The van der Waals surface area contributed by atoms with Crippen LogP contribution in [-0.4, -0.2) is 6.04 Å². The number of rotatable bonds is 4. The van der Waals surface area contributed by atoms with Crippen molar-refractivity contribution in [3.05, 3.63) is 33.3 Å². The molecule has 1 rings (SSSR count). The molecule has 86 valence electrons. The Balaban J connectivity index is 2.95. The van der Waals surface area contributed by atoms with E-state index in [2.05, 4.69) is 41.2 Å². The van der Waals surface area contributed by atoms with Gasteiger partial charge in [0, 0.05) is 21.1 Å². The number of nitrogens with one attached hydrogen (secondary N) is 1. The van der Waals surface area contributed by atoms with Crippen LogP contribution in [0.2, 0.25) is 5.02 Å². The van der Waals surface area contributed by atoms with Crippen LogP contribution in [0.1, 0.15) is 31.9 Å². The predicted octanol–water partition coefficient (Wildman–Crippen LogP) is 4.06. The highest BCUT2D eigenvalue weighted by atomic mass is 79.9. The zero-order valence-corrected chi connectivity index (χ0v) is 11.6. The highest BCUT2D eigenvalue weighted by molar-refractivity contribution is 9.10. The summed E-state index contributed by atoms with van der Waals surface area (Å²) >= 11 is 9.47. The van der Waals surface area contributed by atoms with Gasteiger partial charge in [-0.1, -0.05) is 34.5 Å². The van der Waals surface area contributed by atoms with Gasteiger partial charge in [0.1, 0.15) is 6.04 Å². The van der Waals surface area contributed by atoms with Crippen LogP contribution in [0.5, 0.6) is 0 Å². The van der Waals surface area contributed by atoms with Crippen molar-refractivity contribution in [3.8, 4) is 6.07 Å². The van der Waals surface area contributed by atoms with Crippen LogP contribution in [-0.2, 0) is 0 Å². The first-order valence-corrected chi connectivity index (χ1v) is 6.36. The number of nitriles is 1. The maximum Gasteiger partial charge on any atom is 0.123 e. The first kappa shape index (κ1) is 13.5. The first-order valence-electron chi connectivity index (χ1n) is 5.19. The van der Waals surface area contributed by atoms with Gasteiger partial charge in [0.2, 0.25) is 0 Å². The van der Waals surface area contributed by atoms with Crippen molar-refractivity contribution in [1.29, 1.82) is 5.26 Å². The highest BCUT2D eigenvalue weighted by Crippen LogP contribution is 2.26. The molecule has 2 nitrogen and oxygen atoms in total. The third-order valence-electron chi connectivity index (χ3n) is 2.46. The van der Waals surface area contributed by atoms with Gasteiger partial charge in [0.25, 0.3) is 0 Å². The molecule has 0 saturated carbocycles. The van der Waals surface area contributed by atoms with Gasteiger partial charge in [0.15, 0.2) is 0 Å². The lowest BCUT2D eigenvalue weighted by atomic mass is 10.1. The second-order valence-electron chi connectivity index (χ2n) is 3.70. The zero-order chi connectivity index (χ0) is 12.1. The third-order valence-corrected chi connectivity index (χ3v) is 3.30. The molecule has 0 fully saturated rings. The molecule has 1 aromatic carbocycles. The van der Waals surface area contributed by atoms with E-state index >= 15 is 0 Å². The van der Waals surface area contributed by atoms with E-state index in [4.69, 9.17) is 16.9 Å². The molecule has 2 atom stereocenters. The molecule has 0 saturated heterocycles. The van der Waals surface area contributed by atoms with Crippen molar-refractivity contribution >= 4 is 27.5 Å². The molecule has 0 aromatic heterocycles. The van der Waals surface area contributed by atoms with E-state index in [1.165, 1.54) is 0 Å². The van der Waals surface area contributed by atoms with Crippen molar-refractivity contribution in [1.82, 2.24) is 5.32 Å². The molecule has 0 aliphatic rings. The van der Waals surface area contributed by atoms with E-state index in [0.717, 1.165) is 16.5 Å². The lowest BCUT2D eigenvalue weighted by Crippen LogP contribution is -2.29. The van der Waals surface area contributed by atoms with Crippen LogP contribution in [0.25, 0.3) is 0 Å². The largest absolute Gasteiger partial charge is 0.296 e. The molecule has 0 radical (unpaired) electrons. The van der Waals surface area contributed by atoms with Crippen LogP contribution in [0, 0.1) is 11.3 Å². The molecular weight excluding hydrogens is 288 g/mol. The molecule has 0 bridgehead atoms. The lowest BCUT2D eigenvalue weighted by Gasteiger charge is -2.18. The van der Waals surface area contributed by atoms with Crippen LogP contribution in [0.4, 0.5) is 0 Å². The molecule has 2 unspecified atom stereocenters. The Labute approximate surface area is 110 Å². The summed E-state index contributed by atoms with van der Waals surface area (Å²) in [5.41, 5.74) is 0.818. The second-order valence-corrected chi connectivity index (χ2v) is 5.03. The van der Waals surface area contributed by atoms with Gasteiger partial charge >= 0.3 is 0 Å². The SMILES string of the molecule is CCC(C)NC(C#N)c1cc(Br)ccc1Cl. The minimum atomic E-state index is -0.361. The fourth-order valence-corrected chi connectivity index (χ4v) is 1.94. The molecule has 4 heteroatoms. The van der Waals surface area contributed by atoms with E-state index in [9.17, 15) is 0 Å². The number of nitrogens with zero attached hydrogens (tertiary/aromatic N) is 1. The van der Waals surface area contributed by atoms with Gasteiger partial charge in [0.05, 0.1) is 6.07 Å². The average Bonchev–Trinajstić information content (AvgIpc) is 2.29. The maximum atomic E-state index is 9.15. The summed E-state index contributed by atoms with van der Waals surface area (Å²) in [6.07, 6.45) is 0.976. The van der Waals surface area contributed by atoms with Gasteiger partial charge < -0.3 is 0 Å². The van der Waals surface area contributed by atoms with Gasteiger partial charge in [-0.3, -0.25) is 5.32 Å². The maximum absolute atomic E-state index is 9.15. The predicted molar refractivity (Wildman–Crippen MR) is 70.4 cm³/mol. The summed E-state index contributed by atoms with van der Waals surface area (Å²) < 4.78 is 0.929. The number of hydrogen-bond donors (Lipinski definition) is 1. The quantitative estimate of drug-likeness (QED) is 0.910. The van der Waals surface area contributed by atoms with Crippen molar-refractivity contribution < 1.29 is 0 Å². The minimum absolute atomic E-state index is 0.291. The Kier molecular flexibility index (Phi) is 5.27. The molecule has 1 N–H and O–H groups in total. The van der Waals surface area contributed by atoms with Gasteiger partial charge in [-0.15, -0.1) is 0 Å². The molecule has 0 aliphatic carbocycles.